The van der Waals surface area contributed by atoms with Crippen molar-refractivity contribution in [3.63, 3.8) is 0 Å². The van der Waals surface area contributed by atoms with E-state index in [0.29, 0.717) is 11.4 Å². The number of halogens is 1. The third-order valence-electron chi connectivity index (χ3n) is 3.82. The molecule has 0 spiro atoms. The molecule has 0 radical (unpaired) electrons. The highest BCUT2D eigenvalue weighted by Gasteiger charge is 2.44. The number of esters is 1. The van der Waals surface area contributed by atoms with Gasteiger partial charge in [0.1, 0.15) is 5.54 Å². The van der Waals surface area contributed by atoms with Crippen LogP contribution in [-0.2, 0) is 14.3 Å². The van der Waals surface area contributed by atoms with Crippen molar-refractivity contribution in [3.8, 4) is 0 Å². The first-order chi connectivity index (χ1) is 9.59. The third kappa shape index (κ3) is 3.25. The second kappa shape index (κ2) is 6.46. The van der Waals surface area contributed by atoms with Crippen LogP contribution in [0.1, 0.15) is 25.7 Å². The Morgan fingerprint density at radius 1 is 1.45 bits per heavy atom. The summed E-state index contributed by atoms with van der Waals surface area (Å²) in [5, 5.41) is 3.94. The Morgan fingerprint density at radius 2 is 2.25 bits per heavy atom. The molecule has 0 aromatic heterocycles. The van der Waals surface area contributed by atoms with Crippen LogP contribution in [0.2, 0.25) is 5.02 Å². The molecule has 20 heavy (non-hydrogen) atoms. The lowest BCUT2D eigenvalue weighted by atomic mass is 9.79. The van der Waals surface area contributed by atoms with Gasteiger partial charge in [-0.15, -0.1) is 0 Å². The number of hydrogen-bond donors (Lipinski definition) is 1. The summed E-state index contributed by atoms with van der Waals surface area (Å²) in [6, 6.07) is 7.36. The summed E-state index contributed by atoms with van der Waals surface area (Å²) in [6.07, 6.45) is 3.28. The molecule has 2 unspecified atom stereocenters. The van der Waals surface area contributed by atoms with E-state index in [9.17, 15) is 4.79 Å². The van der Waals surface area contributed by atoms with E-state index in [1.54, 1.807) is 13.2 Å². The SMILES string of the molecule is COC(=O)C1(Nc2cccc(Cl)c2)CCCC(OC)C1. The van der Waals surface area contributed by atoms with Gasteiger partial charge in [0.2, 0.25) is 0 Å². The summed E-state index contributed by atoms with van der Waals surface area (Å²) in [5.74, 6) is -0.251. The van der Waals surface area contributed by atoms with Crippen LogP contribution >= 0.6 is 11.6 Å². The van der Waals surface area contributed by atoms with Gasteiger partial charge in [-0.1, -0.05) is 17.7 Å². The minimum absolute atomic E-state index is 0.0644. The molecule has 110 valence electrons. The van der Waals surface area contributed by atoms with Crippen LogP contribution in [0.15, 0.2) is 24.3 Å². The van der Waals surface area contributed by atoms with E-state index in [4.69, 9.17) is 21.1 Å². The molecular formula is C15H20ClNO3. The zero-order valence-corrected chi connectivity index (χ0v) is 12.6. The van der Waals surface area contributed by atoms with Gasteiger partial charge in [-0.2, -0.15) is 0 Å². The van der Waals surface area contributed by atoms with E-state index in [2.05, 4.69) is 5.32 Å². The highest BCUT2D eigenvalue weighted by atomic mass is 35.5. The predicted octanol–water partition coefficient (Wildman–Crippen LogP) is 3.25. The van der Waals surface area contributed by atoms with Crippen LogP contribution in [0, 0.1) is 0 Å². The lowest BCUT2D eigenvalue weighted by Crippen LogP contribution is -2.52. The van der Waals surface area contributed by atoms with Crippen molar-refractivity contribution < 1.29 is 14.3 Å². The topological polar surface area (TPSA) is 47.6 Å². The quantitative estimate of drug-likeness (QED) is 0.867. The number of benzene rings is 1. The molecule has 2 atom stereocenters. The van der Waals surface area contributed by atoms with E-state index in [1.807, 2.05) is 18.2 Å². The summed E-state index contributed by atoms with van der Waals surface area (Å²) < 4.78 is 10.4. The summed E-state index contributed by atoms with van der Waals surface area (Å²) in [6.45, 7) is 0. The fourth-order valence-corrected chi connectivity index (χ4v) is 3.00. The lowest BCUT2D eigenvalue weighted by Gasteiger charge is -2.39. The molecule has 1 aromatic carbocycles. The second-order valence-corrected chi connectivity index (χ2v) is 5.60. The lowest BCUT2D eigenvalue weighted by molar-refractivity contribution is -0.149. The molecule has 1 aliphatic carbocycles. The number of anilines is 1. The molecule has 1 saturated carbocycles. The first kappa shape index (κ1) is 15.1. The molecule has 0 bridgehead atoms. The number of carbonyl (C=O) groups excluding carboxylic acids is 1. The van der Waals surface area contributed by atoms with Gasteiger partial charge in [-0.05, 0) is 37.5 Å². The largest absolute Gasteiger partial charge is 0.467 e. The van der Waals surface area contributed by atoms with Crippen molar-refractivity contribution in [1.82, 2.24) is 0 Å². The zero-order chi connectivity index (χ0) is 14.6. The third-order valence-corrected chi connectivity index (χ3v) is 4.06. The Labute approximate surface area is 124 Å². The Bertz CT molecular complexity index is 480. The molecule has 0 saturated heterocycles. The number of ether oxygens (including phenoxy) is 2. The molecule has 1 aliphatic rings. The van der Waals surface area contributed by atoms with Gasteiger partial charge < -0.3 is 14.8 Å². The maximum absolute atomic E-state index is 12.3. The Balaban J connectivity index is 2.25. The highest BCUT2D eigenvalue weighted by molar-refractivity contribution is 6.30. The number of hydrogen-bond acceptors (Lipinski definition) is 4. The first-order valence-corrected chi connectivity index (χ1v) is 7.12. The number of nitrogens with one attached hydrogen (secondary N) is 1. The maximum Gasteiger partial charge on any atom is 0.331 e. The van der Waals surface area contributed by atoms with Gasteiger partial charge in [-0.25, -0.2) is 4.79 Å². The van der Waals surface area contributed by atoms with Crippen molar-refractivity contribution in [2.75, 3.05) is 19.5 Å². The molecule has 4 nitrogen and oxygen atoms in total. The summed E-state index contributed by atoms with van der Waals surface area (Å²) >= 11 is 6.00. The van der Waals surface area contributed by atoms with Crippen LogP contribution in [0.25, 0.3) is 0 Å². The summed E-state index contributed by atoms with van der Waals surface area (Å²) in [5.41, 5.74) is 0.0814. The fraction of sp³-hybridized carbons (Fsp3) is 0.533. The minimum atomic E-state index is -0.738. The number of carbonyl (C=O) groups is 1. The zero-order valence-electron chi connectivity index (χ0n) is 11.8. The van der Waals surface area contributed by atoms with Crippen LogP contribution in [0.5, 0.6) is 0 Å². The van der Waals surface area contributed by atoms with Crippen molar-refractivity contribution >= 4 is 23.3 Å². The average molecular weight is 298 g/mol. The molecule has 5 heteroatoms. The first-order valence-electron chi connectivity index (χ1n) is 6.74. The van der Waals surface area contributed by atoms with E-state index in [0.717, 1.165) is 24.9 Å². The maximum atomic E-state index is 12.3. The van der Waals surface area contributed by atoms with Crippen molar-refractivity contribution in [2.45, 2.75) is 37.3 Å². The van der Waals surface area contributed by atoms with Crippen LogP contribution in [-0.4, -0.2) is 31.8 Å². The smallest absolute Gasteiger partial charge is 0.331 e. The molecule has 0 aliphatic heterocycles. The minimum Gasteiger partial charge on any atom is -0.467 e. The molecule has 0 heterocycles. The van der Waals surface area contributed by atoms with Crippen LogP contribution in [0.4, 0.5) is 5.69 Å². The summed E-state index contributed by atoms with van der Waals surface area (Å²) in [7, 11) is 3.09. The number of methoxy groups -OCH3 is 2. The van der Waals surface area contributed by atoms with Crippen LogP contribution in [0.3, 0.4) is 0 Å². The van der Waals surface area contributed by atoms with Crippen molar-refractivity contribution in [1.29, 1.82) is 0 Å². The fourth-order valence-electron chi connectivity index (χ4n) is 2.81. The van der Waals surface area contributed by atoms with Gasteiger partial charge in [0.25, 0.3) is 0 Å². The molecular weight excluding hydrogens is 278 g/mol. The molecule has 1 aromatic rings. The highest BCUT2D eigenvalue weighted by Crippen LogP contribution is 2.34. The standard InChI is InChI=1S/C15H20ClNO3/c1-19-13-7-4-8-15(10-13,14(18)20-2)17-12-6-3-5-11(16)9-12/h3,5-6,9,13,17H,4,7-8,10H2,1-2H3. The molecule has 1 N–H and O–H groups in total. The van der Waals surface area contributed by atoms with Crippen molar-refractivity contribution in [2.24, 2.45) is 0 Å². The van der Waals surface area contributed by atoms with E-state index >= 15 is 0 Å². The van der Waals surface area contributed by atoms with Gasteiger partial charge in [0.15, 0.2) is 0 Å². The predicted molar refractivity (Wildman–Crippen MR) is 79.1 cm³/mol. The van der Waals surface area contributed by atoms with Crippen LogP contribution < -0.4 is 5.32 Å². The van der Waals surface area contributed by atoms with Gasteiger partial charge in [0.05, 0.1) is 13.2 Å². The van der Waals surface area contributed by atoms with E-state index in [-0.39, 0.29) is 12.1 Å². The monoisotopic (exact) mass is 297 g/mol. The molecule has 2 rings (SSSR count). The van der Waals surface area contributed by atoms with Gasteiger partial charge in [-0.3, -0.25) is 0 Å². The average Bonchev–Trinajstić information content (AvgIpc) is 2.46. The van der Waals surface area contributed by atoms with E-state index < -0.39 is 5.54 Å². The van der Waals surface area contributed by atoms with Gasteiger partial charge >= 0.3 is 5.97 Å². The summed E-state index contributed by atoms with van der Waals surface area (Å²) in [4.78, 5) is 12.3. The normalized spacial score (nSPS) is 26.1. The van der Waals surface area contributed by atoms with Gasteiger partial charge in [0, 0.05) is 24.2 Å². The molecule has 1 fully saturated rings. The molecule has 0 amide bonds. The van der Waals surface area contributed by atoms with E-state index in [1.165, 1.54) is 7.11 Å². The Hall–Kier alpha value is -1.26. The Morgan fingerprint density at radius 3 is 2.90 bits per heavy atom. The second-order valence-electron chi connectivity index (χ2n) is 5.16. The Kier molecular flexibility index (Phi) is 4.89. The number of rotatable bonds is 4. The van der Waals surface area contributed by atoms with Crippen molar-refractivity contribution in [3.05, 3.63) is 29.3 Å².